The Morgan fingerprint density at radius 3 is 2.60 bits per heavy atom. The number of aryl methyl sites for hydroxylation is 3. The predicted octanol–water partition coefficient (Wildman–Crippen LogP) is 6.17. The van der Waals surface area contributed by atoms with Crippen molar-refractivity contribution in [3.05, 3.63) is 86.1 Å². The van der Waals surface area contributed by atoms with Crippen LogP contribution >= 0.6 is 11.3 Å². The highest BCUT2D eigenvalue weighted by Crippen LogP contribution is 2.43. The van der Waals surface area contributed by atoms with E-state index in [4.69, 9.17) is 14.9 Å². The van der Waals surface area contributed by atoms with E-state index in [1.165, 1.54) is 36.4 Å². The lowest BCUT2D eigenvalue weighted by Crippen LogP contribution is -2.16. The molecular weight excluding hydrogens is 586 g/mol. The van der Waals surface area contributed by atoms with Crippen molar-refractivity contribution in [3.8, 4) is 16.9 Å². The highest BCUT2D eigenvalue weighted by atomic mass is 32.1. The molecule has 0 aliphatic rings. The number of nitrogens with two attached hydrogens (primary N) is 1. The summed E-state index contributed by atoms with van der Waals surface area (Å²) in [4.78, 5) is 40.3. The van der Waals surface area contributed by atoms with Crippen LogP contribution in [0.5, 0.6) is 5.75 Å². The summed E-state index contributed by atoms with van der Waals surface area (Å²) in [5, 5.41) is 18.4. The van der Waals surface area contributed by atoms with Gasteiger partial charge >= 0.3 is 0 Å². The summed E-state index contributed by atoms with van der Waals surface area (Å²) in [6.07, 6.45) is -1.20. The number of halogens is 2. The number of ether oxygens (including phenoxy) is 1. The molecule has 4 heterocycles. The molecule has 3 N–H and O–H groups in total. The third-order valence-corrected chi connectivity index (χ3v) is 7.66. The molecule has 0 aliphatic heterocycles. The Morgan fingerprint density at radius 1 is 1.21 bits per heavy atom. The third kappa shape index (κ3) is 5.79. The number of carbonyl (C=O) groups excluding carboxylic acids is 2. The number of rotatable bonds is 10. The van der Waals surface area contributed by atoms with Crippen molar-refractivity contribution in [2.24, 2.45) is 5.73 Å². The first kappa shape index (κ1) is 29.3. The standard InChI is InChI=1S/C28H24F2N6O6S/c1-4-35-11-18(14(3)34-35)17-10-19(25(29)30)32-28-22(17)23(24(43-28)26(31)37)33-27(38)21-8-6-16(42-21)12-41-15-5-7-20(36(39)40)13(2)9-15/h5-11,25H,4,12H2,1-3H3,(H2,31,37)(H,33,38). The number of nitrogens with zero attached hydrogens (tertiary/aromatic N) is 4. The molecule has 222 valence electrons. The Morgan fingerprint density at radius 2 is 1.98 bits per heavy atom. The number of amides is 2. The summed E-state index contributed by atoms with van der Waals surface area (Å²) in [6.45, 7) is 5.63. The van der Waals surface area contributed by atoms with E-state index >= 15 is 0 Å². The number of hydrogen-bond acceptors (Lipinski definition) is 9. The maximum atomic E-state index is 13.8. The van der Waals surface area contributed by atoms with Crippen molar-refractivity contribution < 1.29 is 32.4 Å². The number of fused-ring (bicyclic) bond motifs is 1. The number of aromatic nitrogens is 3. The minimum Gasteiger partial charge on any atom is -0.486 e. The summed E-state index contributed by atoms with van der Waals surface area (Å²) in [5.41, 5.74) is 6.90. The summed E-state index contributed by atoms with van der Waals surface area (Å²) in [5.74, 6) is -1.09. The SMILES string of the molecule is CCn1cc(-c2cc(C(F)F)nc3sc(C(N)=O)c(NC(=O)c4ccc(COc5ccc([N+](=O)[O-])c(C)c5)o4)c23)c(C)n1. The van der Waals surface area contributed by atoms with Gasteiger partial charge in [0.05, 0.1) is 16.3 Å². The van der Waals surface area contributed by atoms with E-state index in [1.807, 2.05) is 6.92 Å². The molecule has 0 bridgehead atoms. The van der Waals surface area contributed by atoms with Crippen molar-refractivity contribution in [3.63, 3.8) is 0 Å². The van der Waals surface area contributed by atoms with Gasteiger partial charge in [-0.2, -0.15) is 5.10 Å². The fourth-order valence-corrected chi connectivity index (χ4v) is 5.52. The molecule has 2 amide bonds. The van der Waals surface area contributed by atoms with Crippen molar-refractivity contribution >= 4 is 44.7 Å². The number of furan rings is 1. The number of nitro groups is 1. The number of alkyl halides is 2. The van der Waals surface area contributed by atoms with Gasteiger partial charge in [-0.1, -0.05) is 0 Å². The maximum Gasteiger partial charge on any atom is 0.291 e. The van der Waals surface area contributed by atoms with Gasteiger partial charge in [0.15, 0.2) is 5.76 Å². The normalized spacial score (nSPS) is 11.3. The number of carbonyl (C=O) groups is 2. The molecular formula is C28H24F2N6O6S. The van der Waals surface area contributed by atoms with Crippen LogP contribution in [0, 0.1) is 24.0 Å². The molecule has 0 saturated carbocycles. The Hall–Kier alpha value is -5.18. The zero-order valence-electron chi connectivity index (χ0n) is 23.0. The van der Waals surface area contributed by atoms with Gasteiger partial charge in [-0.15, -0.1) is 11.3 Å². The number of thiophene rings is 1. The van der Waals surface area contributed by atoms with Crippen LogP contribution in [0.15, 0.2) is 47.0 Å². The molecule has 0 atom stereocenters. The van der Waals surface area contributed by atoms with Crippen LogP contribution in [-0.4, -0.2) is 31.5 Å². The van der Waals surface area contributed by atoms with Crippen molar-refractivity contribution in [1.29, 1.82) is 0 Å². The van der Waals surface area contributed by atoms with E-state index in [1.54, 1.807) is 24.7 Å². The Labute approximate surface area is 246 Å². The van der Waals surface area contributed by atoms with Crippen LogP contribution in [0.25, 0.3) is 21.3 Å². The van der Waals surface area contributed by atoms with Crippen LogP contribution in [0.1, 0.15) is 56.3 Å². The van der Waals surface area contributed by atoms with E-state index in [2.05, 4.69) is 15.4 Å². The largest absolute Gasteiger partial charge is 0.486 e. The zero-order chi connectivity index (χ0) is 31.0. The van der Waals surface area contributed by atoms with E-state index in [0.717, 1.165) is 11.3 Å². The minimum absolute atomic E-state index is 0.0139. The molecule has 0 saturated heterocycles. The molecule has 12 nitrogen and oxygen atoms in total. The maximum absolute atomic E-state index is 13.8. The highest BCUT2D eigenvalue weighted by molar-refractivity contribution is 7.21. The first-order valence-electron chi connectivity index (χ1n) is 12.8. The van der Waals surface area contributed by atoms with E-state index in [-0.39, 0.29) is 44.6 Å². The Kier molecular flexibility index (Phi) is 7.91. The number of primary amides is 1. The number of pyridine rings is 1. The summed E-state index contributed by atoms with van der Waals surface area (Å²) >= 11 is 0.789. The molecule has 0 unspecified atom stereocenters. The average Bonchev–Trinajstić information content (AvgIpc) is 3.68. The summed E-state index contributed by atoms with van der Waals surface area (Å²) in [6, 6.07) is 8.42. The number of anilines is 1. The van der Waals surface area contributed by atoms with Crippen molar-refractivity contribution in [2.45, 2.75) is 40.3 Å². The Bertz CT molecular complexity index is 1900. The second-order valence-corrected chi connectivity index (χ2v) is 10.4. The first-order chi connectivity index (χ1) is 20.5. The summed E-state index contributed by atoms with van der Waals surface area (Å²) in [7, 11) is 0. The van der Waals surface area contributed by atoms with Gasteiger partial charge in [0, 0.05) is 35.3 Å². The van der Waals surface area contributed by atoms with Crippen LogP contribution in [0.4, 0.5) is 20.2 Å². The van der Waals surface area contributed by atoms with Crippen LogP contribution in [-0.2, 0) is 13.2 Å². The topological polar surface area (TPSA) is 168 Å². The van der Waals surface area contributed by atoms with Gasteiger partial charge in [0.2, 0.25) is 0 Å². The molecule has 0 fully saturated rings. The minimum atomic E-state index is -2.89. The van der Waals surface area contributed by atoms with Gasteiger partial charge in [0.25, 0.3) is 23.9 Å². The molecule has 5 rings (SSSR count). The van der Waals surface area contributed by atoms with E-state index in [0.29, 0.717) is 34.7 Å². The molecule has 15 heteroatoms. The first-order valence-corrected chi connectivity index (χ1v) is 13.7. The fraction of sp³-hybridized carbons (Fsp3) is 0.214. The van der Waals surface area contributed by atoms with Gasteiger partial charge in [-0.05, 0) is 56.7 Å². The lowest BCUT2D eigenvalue weighted by atomic mass is 10.0. The molecule has 43 heavy (non-hydrogen) atoms. The molecule has 5 aromatic rings. The fourth-order valence-electron chi connectivity index (χ4n) is 4.51. The number of nitrogens with one attached hydrogen (secondary N) is 1. The molecule has 0 radical (unpaired) electrons. The lowest BCUT2D eigenvalue weighted by molar-refractivity contribution is -0.385. The molecule has 0 spiro atoms. The number of benzene rings is 1. The smallest absolute Gasteiger partial charge is 0.291 e. The van der Waals surface area contributed by atoms with Crippen LogP contribution < -0.4 is 15.8 Å². The third-order valence-electron chi connectivity index (χ3n) is 6.56. The van der Waals surface area contributed by atoms with Gasteiger partial charge in [-0.25, -0.2) is 13.8 Å². The second-order valence-electron chi connectivity index (χ2n) is 9.44. The monoisotopic (exact) mass is 610 g/mol. The predicted molar refractivity (Wildman–Crippen MR) is 154 cm³/mol. The molecule has 0 aliphatic carbocycles. The van der Waals surface area contributed by atoms with E-state index < -0.39 is 28.9 Å². The Balaban J connectivity index is 1.47. The van der Waals surface area contributed by atoms with E-state index in [9.17, 15) is 28.5 Å². The average molecular weight is 611 g/mol. The van der Waals surface area contributed by atoms with Crippen LogP contribution in [0.3, 0.4) is 0 Å². The molecule has 4 aromatic heterocycles. The highest BCUT2D eigenvalue weighted by Gasteiger charge is 2.27. The van der Waals surface area contributed by atoms with Gasteiger partial charge < -0.3 is 20.2 Å². The summed E-state index contributed by atoms with van der Waals surface area (Å²) < 4.78 is 40.6. The van der Waals surface area contributed by atoms with Gasteiger partial charge in [-0.3, -0.25) is 24.4 Å². The zero-order valence-corrected chi connectivity index (χ0v) is 23.8. The van der Waals surface area contributed by atoms with Crippen molar-refractivity contribution in [2.75, 3.05) is 5.32 Å². The van der Waals surface area contributed by atoms with Crippen molar-refractivity contribution in [1.82, 2.24) is 14.8 Å². The number of nitro benzene ring substituents is 1. The number of hydrogen-bond donors (Lipinski definition) is 2. The van der Waals surface area contributed by atoms with Gasteiger partial charge in [0.1, 0.15) is 33.5 Å². The quantitative estimate of drug-likeness (QED) is 0.140. The molecule has 1 aromatic carbocycles. The second kappa shape index (κ2) is 11.6. The van der Waals surface area contributed by atoms with Crippen LogP contribution in [0.2, 0.25) is 0 Å². The lowest BCUT2D eigenvalue weighted by Gasteiger charge is -2.10.